The Morgan fingerprint density at radius 1 is 1.08 bits per heavy atom. The zero-order valence-electron chi connectivity index (χ0n) is 14.2. The van der Waals surface area contributed by atoms with Gasteiger partial charge >= 0.3 is 0 Å². The van der Waals surface area contributed by atoms with E-state index in [1.165, 1.54) is 16.9 Å². The van der Waals surface area contributed by atoms with Crippen LogP contribution in [0.25, 0.3) is 0 Å². The molecule has 1 atom stereocenters. The van der Waals surface area contributed by atoms with Crippen LogP contribution in [0.5, 0.6) is 5.75 Å². The molecule has 0 bridgehead atoms. The van der Waals surface area contributed by atoms with Gasteiger partial charge in [-0.3, -0.25) is 0 Å². The van der Waals surface area contributed by atoms with Gasteiger partial charge in [0.15, 0.2) is 0 Å². The molecule has 126 valence electrons. The van der Waals surface area contributed by atoms with Crippen molar-refractivity contribution in [2.45, 2.75) is 13.0 Å². The monoisotopic (exact) mass is 323 g/mol. The van der Waals surface area contributed by atoms with Crippen molar-refractivity contribution >= 4 is 11.4 Å². The Balaban J connectivity index is 1.62. The zero-order chi connectivity index (χ0) is 16.4. The average Bonchev–Trinajstić information content (AvgIpc) is 2.68. The number of likely N-dealkylation sites (N-methyl/N-ethyl adjacent to an activating group) is 1. The molecule has 0 radical (unpaired) electrons. The minimum atomic E-state index is 0.101. The second-order valence-electron chi connectivity index (χ2n) is 6.44. The lowest BCUT2D eigenvalue weighted by Crippen LogP contribution is -2.43. The van der Waals surface area contributed by atoms with Crippen molar-refractivity contribution in [3.05, 3.63) is 54.1 Å². The predicted octanol–water partition coefficient (Wildman–Crippen LogP) is 3.06. The number of hydrogen-bond donors (Lipinski definition) is 1. The molecule has 4 rings (SSSR count). The van der Waals surface area contributed by atoms with Gasteiger partial charge in [0.1, 0.15) is 11.9 Å². The summed E-state index contributed by atoms with van der Waals surface area (Å²) in [5.74, 6) is 0.996. The summed E-state index contributed by atoms with van der Waals surface area (Å²) in [4.78, 5) is 4.89. The smallest absolute Gasteiger partial charge is 0.143 e. The molecule has 2 aromatic rings. The van der Waals surface area contributed by atoms with E-state index >= 15 is 0 Å². The first-order valence-corrected chi connectivity index (χ1v) is 8.91. The molecular weight excluding hydrogens is 298 g/mol. The first kappa shape index (κ1) is 15.3. The van der Waals surface area contributed by atoms with E-state index in [4.69, 9.17) is 4.74 Å². The molecule has 24 heavy (non-hydrogen) atoms. The summed E-state index contributed by atoms with van der Waals surface area (Å²) in [6, 6.07) is 17.2. The van der Waals surface area contributed by atoms with Crippen LogP contribution >= 0.6 is 0 Å². The molecular formula is C20H25N3O. The van der Waals surface area contributed by atoms with Crippen molar-refractivity contribution in [3.8, 4) is 5.75 Å². The summed E-state index contributed by atoms with van der Waals surface area (Å²) in [5, 5.41) is 3.41. The average molecular weight is 323 g/mol. The second kappa shape index (κ2) is 6.73. The molecule has 0 amide bonds. The van der Waals surface area contributed by atoms with Gasteiger partial charge in [-0.15, -0.1) is 0 Å². The normalized spacial score (nSPS) is 20.5. The van der Waals surface area contributed by atoms with Gasteiger partial charge in [0.05, 0.1) is 12.2 Å². The lowest BCUT2D eigenvalue weighted by molar-refractivity contribution is 0.198. The van der Waals surface area contributed by atoms with Gasteiger partial charge in [0.2, 0.25) is 0 Å². The molecule has 2 heterocycles. The number of hydrogen-bond acceptors (Lipinski definition) is 4. The van der Waals surface area contributed by atoms with Crippen LogP contribution in [0.15, 0.2) is 48.5 Å². The summed E-state index contributed by atoms with van der Waals surface area (Å²) in [6.07, 6.45) is 0.101. The SMILES string of the molecule is CCN1CC(c2ccccc2)Oc2ccc(N3CCNCC3)cc21. The Morgan fingerprint density at radius 3 is 2.62 bits per heavy atom. The molecule has 0 saturated carbocycles. The van der Waals surface area contributed by atoms with Crippen LogP contribution in [0.2, 0.25) is 0 Å². The van der Waals surface area contributed by atoms with Crippen LogP contribution < -0.4 is 19.9 Å². The van der Waals surface area contributed by atoms with Gasteiger partial charge in [-0.05, 0) is 30.7 Å². The van der Waals surface area contributed by atoms with Crippen LogP contribution in [0.3, 0.4) is 0 Å². The summed E-state index contributed by atoms with van der Waals surface area (Å²) in [7, 11) is 0. The van der Waals surface area contributed by atoms with Crippen LogP contribution in [-0.2, 0) is 0 Å². The highest BCUT2D eigenvalue weighted by atomic mass is 16.5. The van der Waals surface area contributed by atoms with Crippen molar-refractivity contribution in [1.82, 2.24) is 5.32 Å². The van der Waals surface area contributed by atoms with Crippen molar-refractivity contribution in [2.75, 3.05) is 49.1 Å². The quantitative estimate of drug-likeness (QED) is 0.939. The first-order chi connectivity index (χ1) is 11.8. The number of anilines is 2. The Labute approximate surface area is 144 Å². The maximum atomic E-state index is 6.32. The van der Waals surface area contributed by atoms with E-state index in [9.17, 15) is 0 Å². The fourth-order valence-corrected chi connectivity index (χ4v) is 3.60. The third-order valence-electron chi connectivity index (χ3n) is 4.97. The van der Waals surface area contributed by atoms with Gasteiger partial charge < -0.3 is 19.9 Å². The van der Waals surface area contributed by atoms with E-state index in [1.807, 2.05) is 0 Å². The van der Waals surface area contributed by atoms with Crippen molar-refractivity contribution in [2.24, 2.45) is 0 Å². The second-order valence-corrected chi connectivity index (χ2v) is 6.44. The maximum absolute atomic E-state index is 6.32. The molecule has 4 nitrogen and oxygen atoms in total. The fraction of sp³-hybridized carbons (Fsp3) is 0.400. The number of benzene rings is 2. The highest BCUT2D eigenvalue weighted by Crippen LogP contribution is 2.40. The molecule has 0 aromatic heterocycles. The lowest BCUT2D eigenvalue weighted by Gasteiger charge is -2.37. The summed E-state index contributed by atoms with van der Waals surface area (Å²) in [5.41, 5.74) is 3.77. The molecule has 0 aliphatic carbocycles. The number of rotatable bonds is 3. The van der Waals surface area contributed by atoms with Gasteiger partial charge in [-0.2, -0.15) is 0 Å². The molecule has 0 spiro atoms. The van der Waals surface area contributed by atoms with E-state index < -0.39 is 0 Å². The third kappa shape index (κ3) is 2.94. The highest BCUT2D eigenvalue weighted by molar-refractivity contribution is 5.68. The van der Waals surface area contributed by atoms with E-state index in [0.29, 0.717) is 0 Å². The summed E-state index contributed by atoms with van der Waals surface area (Å²) < 4.78 is 6.32. The van der Waals surface area contributed by atoms with Crippen molar-refractivity contribution in [1.29, 1.82) is 0 Å². The van der Waals surface area contributed by atoms with Gasteiger partial charge in [-0.25, -0.2) is 0 Å². The predicted molar refractivity (Wildman–Crippen MR) is 99.2 cm³/mol. The highest BCUT2D eigenvalue weighted by Gasteiger charge is 2.27. The molecule has 1 unspecified atom stereocenters. The van der Waals surface area contributed by atoms with Crippen LogP contribution in [0.1, 0.15) is 18.6 Å². The lowest BCUT2D eigenvalue weighted by atomic mass is 10.1. The largest absolute Gasteiger partial charge is 0.482 e. The van der Waals surface area contributed by atoms with E-state index in [1.54, 1.807) is 0 Å². The molecule has 1 saturated heterocycles. The molecule has 2 aliphatic rings. The van der Waals surface area contributed by atoms with Crippen LogP contribution in [0.4, 0.5) is 11.4 Å². The number of nitrogens with zero attached hydrogens (tertiary/aromatic N) is 2. The van der Waals surface area contributed by atoms with Crippen LogP contribution in [-0.4, -0.2) is 39.3 Å². The van der Waals surface area contributed by atoms with Crippen molar-refractivity contribution in [3.63, 3.8) is 0 Å². The molecule has 2 aromatic carbocycles. The first-order valence-electron chi connectivity index (χ1n) is 8.91. The Kier molecular flexibility index (Phi) is 4.30. The molecule has 4 heteroatoms. The minimum Gasteiger partial charge on any atom is -0.482 e. The molecule has 1 N–H and O–H groups in total. The van der Waals surface area contributed by atoms with E-state index in [0.717, 1.165) is 45.0 Å². The molecule has 1 fully saturated rings. The third-order valence-corrected chi connectivity index (χ3v) is 4.97. The number of fused-ring (bicyclic) bond motifs is 1. The number of piperazine rings is 1. The maximum Gasteiger partial charge on any atom is 0.143 e. The zero-order valence-corrected chi connectivity index (χ0v) is 14.2. The standard InChI is InChI=1S/C20H25N3O/c1-2-22-15-20(16-6-4-3-5-7-16)24-19-9-8-17(14-18(19)22)23-12-10-21-11-13-23/h3-9,14,20-21H,2,10-13,15H2,1H3. The van der Waals surface area contributed by atoms with Crippen LogP contribution in [0, 0.1) is 0 Å². The van der Waals surface area contributed by atoms with Gasteiger partial charge in [-0.1, -0.05) is 30.3 Å². The summed E-state index contributed by atoms with van der Waals surface area (Å²) >= 11 is 0. The van der Waals surface area contributed by atoms with Crippen molar-refractivity contribution < 1.29 is 4.74 Å². The Bertz CT molecular complexity index is 683. The topological polar surface area (TPSA) is 27.7 Å². The van der Waals surface area contributed by atoms with E-state index in [-0.39, 0.29) is 6.10 Å². The Morgan fingerprint density at radius 2 is 1.88 bits per heavy atom. The number of ether oxygens (including phenoxy) is 1. The Hall–Kier alpha value is -2.20. The van der Waals surface area contributed by atoms with Gasteiger partial charge in [0.25, 0.3) is 0 Å². The van der Waals surface area contributed by atoms with Gasteiger partial charge in [0, 0.05) is 38.4 Å². The number of nitrogens with one attached hydrogen (secondary N) is 1. The summed E-state index contributed by atoms with van der Waals surface area (Å²) in [6.45, 7) is 8.36. The minimum absolute atomic E-state index is 0.101. The molecule has 2 aliphatic heterocycles. The fourth-order valence-electron chi connectivity index (χ4n) is 3.60. The van der Waals surface area contributed by atoms with E-state index in [2.05, 4.69) is 70.6 Å².